The van der Waals surface area contributed by atoms with Crippen LogP contribution >= 0.6 is 0 Å². The van der Waals surface area contributed by atoms with E-state index in [9.17, 15) is 9.90 Å². The lowest BCUT2D eigenvalue weighted by Gasteiger charge is -2.17. The Balaban J connectivity index is 2.58. The third-order valence-electron chi connectivity index (χ3n) is 6.57. The van der Waals surface area contributed by atoms with E-state index >= 15 is 0 Å². The Hall–Kier alpha value is -1.87. The molecule has 0 heterocycles. The van der Waals surface area contributed by atoms with Gasteiger partial charge in [-0.1, -0.05) is 120 Å². The van der Waals surface area contributed by atoms with Gasteiger partial charge in [-0.15, -0.1) is 0 Å². The summed E-state index contributed by atoms with van der Waals surface area (Å²) in [6.45, 7) is 6.67. The zero-order chi connectivity index (χ0) is 25.0. The minimum Gasteiger partial charge on any atom is -0.481 e. The van der Waals surface area contributed by atoms with Crippen LogP contribution in [0.25, 0.3) is 0 Å². The highest BCUT2D eigenvalue weighted by Crippen LogP contribution is 2.24. The molecule has 0 bridgehead atoms. The lowest BCUT2D eigenvalue weighted by Crippen LogP contribution is -2.06. The average molecular weight is 471 g/mol. The zero-order valence-electron chi connectivity index (χ0n) is 22.1. The molecule has 1 aromatic rings. The van der Waals surface area contributed by atoms with Crippen LogP contribution in [0.2, 0.25) is 0 Å². The van der Waals surface area contributed by atoms with E-state index in [1.165, 1.54) is 30.4 Å². The molecule has 0 fully saturated rings. The van der Waals surface area contributed by atoms with Gasteiger partial charge in [0.25, 0.3) is 0 Å². The molecule has 1 aromatic carbocycles. The van der Waals surface area contributed by atoms with Gasteiger partial charge in [-0.3, -0.25) is 4.79 Å². The van der Waals surface area contributed by atoms with Crippen molar-refractivity contribution in [3.63, 3.8) is 0 Å². The molecule has 0 spiro atoms. The molecule has 0 saturated heterocycles. The Morgan fingerprint density at radius 1 is 0.912 bits per heavy atom. The first-order chi connectivity index (χ1) is 16.4. The fourth-order valence-electron chi connectivity index (χ4n) is 4.32. The lowest BCUT2D eigenvalue weighted by atomic mass is 9.89. The smallest absolute Gasteiger partial charge is 0.303 e. The van der Waals surface area contributed by atoms with Crippen molar-refractivity contribution >= 4 is 5.97 Å². The summed E-state index contributed by atoms with van der Waals surface area (Å²) >= 11 is 0. The molecule has 3 nitrogen and oxygen atoms in total. The van der Waals surface area contributed by atoms with Crippen LogP contribution in [0.3, 0.4) is 0 Å². The van der Waals surface area contributed by atoms with E-state index in [0.717, 1.165) is 64.2 Å². The fraction of sp³-hybridized carbons (Fsp3) is 0.645. The van der Waals surface area contributed by atoms with Crippen LogP contribution in [0.4, 0.5) is 0 Å². The van der Waals surface area contributed by atoms with Crippen LogP contribution in [-0.4, -0.2) is 22.3 Å². The second kappa shape index (κ2) is 19.4. The maximum atomic E-state index is 11.0. The number of carboxylic acid groups (broad SMARTS) is 1. The van der Waals surface area contributed by atoms with Gasteiger partial charge in [-0.05, 0) is 55.9 Å². The van der Waals surface area contributed by atoms with E-state index in [0.29, 0.717) is 11.8 Å². The second-order valence-corrected chi connectivity index (χ2v) is 10.2. The third-order valence-corrected chi connectivity index (χ3v) is 6.57. The molecule has 2 N–H and O–H groups in total. The maximum Gasteiger partial charge on any atom is 0.303 e. The number of rotatable bonds is 20. The summed E-state index contributed by atoms with van der Waals surface area (Å²) in [5, 5.41) is 19.4. The third kappa shape index (κ3) is 16.7. The lowest BCUT2D eigenvalue weighted by molar-refractivity contribution is -0.137. The van der Waals surface area contributed by atoms with Crippen molar-refractivity contribution in [2.24, 2.45) is 11.8 Å². The maximum absolute atomic E-state index is 11.0. The van der Waals surface area contributed by atoms with Crippen LogP contribution in [-0.2, 0) is 11.2 Å². The van der Waals surface area contributed by atoms with Crippen LogP contribution in [0.5, 0.6) is 0 Å². The molecule has 3 heteroatoms. The number of aliphatic hydroxyl groups is 1. The summed E-state index contributed by atoms with van der Waals surface area (Å²) in [5.74, 6) is 0.522. The minimum absolute atomic E-state index is 0.289. The minimum atomic E-state index is -0.677. The number of benzene rings is 1. The van der Waals surface area contributed by atoms with Gasteiger partial charge in [0.1, 0.15) is 0 Å². The van der Waals surface area contributed by atoms with E-state index in [-0.39, 0.29) is 12.5 Å². The number of hydrogen-bond donors (Lipinski definition) is 2. The molecule has 1 rings (SSSR count). The first-order valence-electron chi connectivity index (χ1n) is 13.7. The molecule has 0 aliphatic heterocycles. The van der Waals surface area contributed by atoms with Gasteiger partial charge in [-0.25, -0.2) is 0 Å². The van der Waals surface area contributed by atoms with Gasteiger partial charge in [0.05, 0.1) is 6.10 Å². The number of hydrogen-bond acceptors (Lipinski definition) is 2. The monoisotopic (exact) mass is 470 g/mol. The van der Waals surface area contributed by atoms with Crippen molar-refractivity contribution < 1.29 is 15.0 Å². The standard InChI is InChI=1S/C31H50O3/c1-4-5-8-17-30(32)24-22-29(21-20-27-13-9-6-10-14-27)16-12-7-11-15-28(19-18-26(2)3)23-25-31(33)34/h6,9-10,13-14,16,22,24,26,28,30,32H,4-5,7-8,11-12,15,17-21,23,25H2,1-3H3,(H,33,34)/t28-,30+/m1/s1. The van der Waals surface area contributed by atoms with Crippen molar-refractivity contribution in [3.8, 4) is 0 Å². The van der Waals surface area contributed by atoms with Gasteiger partial charge in [0, 0.05) is 6.42 Å². The number of aliphatic carboxylic acids is 1. The average Bonchev–Trinajstić information content (AvgIpc) is 2.81. The topological polar surface area (TPSA) is 57.5 Å². The van der Waals surface area contributed by atoms with Crippen molar-refractivity contribution in [2.45, 2.75) is 117 Å². The molecule has 192 valence electrons. The van der Waals surface area contributed by atoms with Gasteiger partial charge < -0.3 is 10.2 Å². The van der Waals surface area contributed by atoms with Crippen LogP contribution in [0, 0.1) is 11.8 Å². The van der Waals surface area contributed by atoms with E-state index in [1.807, 2.05) is 6.08 Å². The van der Waals surface area contributed by atoms with Crippen LogP contribution in [0.1, 0.15) is 110 Å². The molecular formula is C31H50O3. The Kier molecular flexibility index (Phi) is 17.2. The second-order valence-electron chi connectivity index (χ2n) is 10.2. The summed E-state index contributed by atoms with van der Waals surface area (Å²) in [6.07, 6.45) is 20.2. The quantitative estimate of drug-likeness (QED) is 0.148. The van der Waals surface area contributed by atoms with E-state index < -0.39 is 5.97 Å². The van der Waals surface area contributed by atoms with Gasteiger partial charge in [0.2, 0.25) is 0 Å². The summed E-state index contributed by atoms with van der Waals surface area (Å²) < 4.78 is 0. The largest absolute Gasteiger partial charge is 0.481 e. The van der Waals surface area contributed by atoms with Crippen molar-refractivity contribution in [2.75, 3.05) is 0 Å². The number of aliphatic hydroxyl groups excluding tert-OH is 1. The summed E-state index contributed by atoms with van der Waals surface area (Å²) in [4.78, 5) is 11.0. The summed E-state index contributed by atoms with van der Waals surface area (Å²) in [6, 6.07) is 10.6. The number of allylic oxidation sites excluding steroid dienone is 3. The first kappa shape index (κ1) is 30.2. The highest BCUT2D eigenvalue weighted by atomic mass is 16.4. The van der Waals surface area contributed by atoms with E-state index in [4.69, 9.17) is 5.11 Å². The molecule has 0 amide bonds. The van der Waals surface area contributed by atoms with E-state index in [1.54, 1.807) is 0 Å². The fourth-order valence-corrected chi connectivity index (χ4v) is 4.32. The molecule has 0 radical (unpaired) electrons. The van der Waals surface area contributed by atoms with Crippen LogP contribution < -0.4 is 0 Å². The van der Waals surface area contributed by atoms with Gasteiger partial charge in [-0.2, -0.15) is 0 Å². The Morgan fingerprint density at radius 3 is 2.32 bits per heavy atom. The number of aryl methyl sites for hydroxylation is 1. The molecule has 0 aliphatic carbocycles. The number of carboxylic acids is 1. The number of unbranched alkanes of at least 4 members (excludes halogenated alkanes) is 4. The predicted octanol–water partition coefficient (Wildman–Crippen LogP) is 8.52. The zero-order valence-corrected chi connectivity index (χ0v) is 22.1. The summed E-state index contributed by atoms with van der Waals surface area (Å²) in [7, 11) is 0. The van der Waals surface area contributed by atoms with E-state index in [2.05, 4.69) is 63.3 Å². The molecule has 0 aliphatic rings. The van der Waals surface area contributed by atoms with Gasteiger partial charge >= 0.3 is 5.97 Å². The normalized spacial score (nSPS) is 14.1. The molecule has 0 saturated carbocycles. The first-order valence-corrected chi connectivity index (χ1v) is 13.7. The predicted molar refractivity (Wildman–Crippen MR) is 145 cm³/mol. The molecule has 0 unspecified atom stereocenters. The Bertz CT molecular complexity index is 690. The Morgan fingerprint density at radius 2 is 1.65 bits per heavy atom. The van der Waals surface area contributed by atoms with Crippen molar-refractivity contribution in [1.29, 1.82) is 0 Å². The molecule has 0 aromatic heterocycles. The molecule has 2 atom stereocenters. The molecular weight excluding hydrogens is 420 g/mol. The summed E-state index contributed by atoms with van der Waals surface area (Å²) in [5.41, 5.74) is 2.65. The SMILES string of the molecule is CCCCC[C@H](O)C=CC(=CCCCC[C@@H](CCC(=O)O)CCC(C)C)CCc1ccccc1. The number of carbonyl (C=O) groups is 1. The van der Waals surface area contributed by atoms with Crippen molar-refractivity contribution in [1.82, 2.24) is 0 Å². The van der Waals surface area contributed by atoms with Crippen LogP contribution in [0.15, 0.2) is 54.1 Å². The highest BCUT2D eigenvalue weighted by Gasteiger charge is 2.11. The van der Waals surface area contributed by atoms with Crippen molar-refractivity contribution in [3.05, 3.63) is 59.7 Å². The highest BCUT2D eigenvalue weighted by molar-refractivity contribution is 5.66. The Labute approximate surface area is 209 Å². The molecule has 34 heavy (non-hydrogen) atoms. The van der Waals surface area contributed by atoms with Gasteiger partial charge in [0.15, 0.2) is 0 Å².